The van der Waals surface area contributed by atoms with Gasteiger partial charge in [0.2, 0.25) is 0 Å². The predicted octanol–water partition coefficient (Wildman–Crippen LogP) is -1.73. The van der Waals surface area contributed by atoms with Gasteiger partial charge in [-0.15, -0.1) is 0 Å². The number of rotatable bonds is 5. The average Bonchev–Trinajstić information content (AvgIpc) is 1.92. The molecule has 1 unspecified atom stereocenters. The third kappa shape index (κ3) is 2.89. The molecule has 78 valence electrons. The second-order valence-electron chi connectivity index (χ2n) is 2.90. The zero-order valence-corrected chi connectivity index (χ0v) is 8.03. The Hall–Kier alpha value is -0.210. The molecule has 0 spiro atoms. The van der Waals surface area contributed by atoms with Crippen LogP contribution in [-0.2, 0) is 14.9 Å². The fourth-order valence-electron chi connectivity index (χ4n) is 1.20. The smallest absolute Gasteiger partial charge is 0.277 e. The minimum absolute atomic E-state index is 0.0535. The van der Waals surface area contributed by atoms with Gasteiger partial charge in [-0.3, -0.25) is 0 Å². The predicted molar refractivity (Wildman–Crippen MR) is 46.1 cm³/mol. The molecule has 0 amide bonds. The molecule has 1 aliphatic rings. The molecule has 3 N–H and O–H groups in total. The molecule has 0 aromatic rings. The highest BCUT2D eigenvalue weighted by atomic mass is 32.2. The number of ether oxygens (including phenoxy) is 1. The number of hydrogen-bond donors (Lipinski definition) is 2. The lowest BCUT2D eigenvalue weighted by Crippen LogP contribution is -2.55. The number of aliphatic hydroxyl groups is 1. The van der Waals surface area contributed by atoms with E-state index < -0.39 is 10.2 Å². The lowest BCUT2D eigenvalue weighted by atomic mass is 10.1. The molecule has 1 heterocycles. The van der Waals surface area contributed by atoms with Crippen molar-refractivity contribution < 1.29 is 18.3 Å². The highest BCUT2D eigenvalue weighted by molar-refractivity contribution is 7.86. The topological polar surface area (TPSA) is 92.9 Å². The Kier molecular flexibility index (Phi) is 3.63. The van der Waals surface area contributed by atoms with Crippen molar-refractivity contribution in [1.82, 2.24) is 4.31 Å². The first-order valence-corrected chi connectivity index (χ1v) is 5.54. The summed E-state index contributed by atoms with van der Waals surface area (Å²) in [5.41, 5.74) is 0. The molecule has 6 nitrogen and oxygen atoms in total. The van der Waals surface area contributed by atoms with E-state index in [-0.39, 0.29) is 19.3 Å². The van der Waals surface area contributed by atoms with Crippen molar-refractivity contribution in [3.8, 4) is 0 Å². The lowest BCUT2D eigenvalue weighted by Gasteiger charge is -2.37. The number of nitrogens with zero attached hydrogens (tertiary/aromatic N) is 1. The summed E-state index contributed by atoms with van der Waals surface area (Å²) in [6, 6.07) is -0.151. The molecule has 7 heteroatoms. The molecule has 1 rings (SSSR count). The first-order valence-electron chi connectivity index (χ1n) is 4.04. The van der Waals surface area contributed by atoms with Crippen LogP contribution in [0.4, 0.5) is 0 Å². The lowest BCUT2D eigenvalue weighted by molar-refractivity contribution is 0.0335. The van der Waals surface area contributed by atoms with Crippen LogP contribution in [0, 0.1) is 0 Å². The van der Waals surface area contributed by atoms with E-state index >= 15 is 0 Å². The van der Waals surface area contributed by atoms with Gasteiger partial charge in [-0.2, -0.15) is 12.7 Å². The standard InChI is InChI=1S/C6H14N2O4S/c7-13(10,11)8-2-1-6(8)5-12-4-3-9/h6,9H,1-5H2,(H2,7,10,11). The van der Waals surface area contributed by atoms with E-state index in [9.17, 15) is 8.42 Å². The maximum atomic E-state index is 10.9. The van der Waals surface area contributed by atoms with Crippen LogP contribution in [0.3, 0.4) is 0 Å². The third-order valence-electron chi connectivity index (χ3n) is 1.96. The molecule has 0 aromatic carbocycles. The van der Waals surface area contributed by atoms with Gasteiger partial charge in [0.05, 0.1) is 25.9 Å². The quantitative estimate of drug-likeness (QED) is 0.527. The fraction of sp³-hybridized carbons (Fsp3) is 1.00. The molecule has 1 aliphatic heterocycles. The minimum atomic E-state index is -3.56. The van der Waals surface area contributed by atoms with Crippen molar-refractivity contribution in [2.24, 2.45) is 5.14 Å². The Labute approximate surface area is 77.5 Å². The van der Waals surface area contributed by atoms with Crippen molar-refractivity contribution in [3.63, 3.8) is 0 Å². The first-order chi connectivity index (χ1) is 6.05. The van der Waals surface area contributed by atoms with Crippen molar-refractivity contribution in [3.05, 3.63) is 0 Å². The van der Waals surface area contributed by atoms with E-state index in [1.165, 1.54) is 4.31 Å². The molecule has 13 heavy (non-hydrogen) atoms. The molecule has 0 saturated carbocycles. The summed E-state index contributed by atoms with van der Waals surface area (Å²) < 4.78 is 27.9. The summed E-state index contributed by atoms with van der Waals surface area (Å²) in [5, 5.41) is 13.3. The molecular formula is C6H14N2O4S. The van der Waals surface area contributed by atoms with E-state index in [2.05, 4.69) is 0 Å². The molecular weight excluding hydrogens is 196 g/mol. The van der Waals surface area contributed by atoms with Gasteiger partial charge < -0.3 is 9.84 Å². The van der Waals surface area contributed by atoms with Crippen molar-refractivity contribution >= 4 is 10.2 Å². The monoisotopic (exact) mass is 210 g/mol. The molecule has 1 saturated heterocycles. The van der Waals surface area contributed by atoms with Gasteiger partial charge in [0.25, 0.3) is 10.2 Å². The van der Waals surface area contributed by atoms with Crippen LogP contribution in [0.5, 0.6) is 0 Å². The van der Waals surface area contributed by atoms with Crippen LogP contribution >= 0.6 is 0 Å². The third-order valence-corrected chi connectivity index (χ3v) is 3.10. The zero-order valence-electron chi connectivity index (χ0n) is 7.22. The molecule has 0 aromatic heterocycles. The molecule has 0 aliphatic carbocycles. The summed E-state index contributed by atoms with van der Waals surface area (Å²) in [6.07, 6.45) is 0.766. The number of hydrogen-bond acceptors (Lipinski definition) is 4. The van der Waals surface area contributed by atoms with Crippen molar-refractivity contribution in [2.75, 3.05) is 26.4 Å². The van der Waals surface area contributed by atoms with Crippen molar-refractivity contribution in [2.45, 2.75) is 12.5 Å². The zero-order chi connectivity index (χ0) is 9.90. The van der Waals surface area contributed by atoms with Crippen LogP contribution in [0.15, 0.2) is 0 Å². The highest BCUT2D eigenvalue weighted by Crippen LogP contribution is 2.19. The van der Waals surface area contributed by atoms with Gasteiger partial charge in [0.15, 0.2) is 0 Å². The molecule has 0 radical (unpaired) electrons. The summed E-state index contributed by atoms with van der Waals surface area (Å²) in [7, 11) is -3.56. The molecule has 1 fully saturated rings. The van der Waals surface area contributed by atoms with Crippen LogP contribution in [0.2, 0.25) is 0 Å². The van der Waals surface area contributed by atoms with E-state index in [0.29, 0.717) is 13.2 Å². The Bertz CT molecular complexity index is 253. The van der Waals surface area contributed by atoms with Crippen molar-refractivity contribution in [1.29, 1.82) is 0 Å². The Balaban J connectivity index is 2.29. The van der Waals surface area contributed by atoms with Crippen LogP contribution in [0.1, 0.15) is 6.42 Å². The maximum absolute atomic E-state index is 10.9. The van der Waals surface area contributed by atoms with Gasteiger partial charge in [0, 0.05) is 6.54 Å². The number of nitrogens with two attached hydrogens (primary N) is 1. The van der Waals surface area contributed by atoms with E-state index in [1.54, 1.807) is 0 Å². The SMILES string of the molecule is NS(=O)(=O)N1CCC1COCCO. The van der Waals surface area contributed by atoms with Crippen LogP contribution < -0.4 is 5.14 Å². The summed E-state index contributed by atoms with van der Waals surface area (Å²) in [4.78, 5) is 0. The van der Waals surface area contributed by atoms with Crippen LogP contribution in [0.25, 0.3) is 0 Å². The summed E-state index contributed by atoms with van der Waals surface area (Å²) >= 11 is 0. The van der Waals surface area contributed by atoms with E-state index in [1.807, 2.05) is 0 Å². The van der Waals surface area contributed by atoms with Gasteiger partial charge in [-0.05, 0) is 6.42 Å². The Morgan fingerprint density at radius 1 is 1.62 bits per heavy atom. The fourth-order valence-corrected chi connectivity index (χ4v) is 2.14. The van der Waals surface area contributed by atoms with Gasteiger partial charge in [-0.1, -0.05) is 0 Å². The number of aliphatic hydroxyl groups excluding tert-OH is 1. The van der Waals surface area contributed by atoms with E-state index in [0.717, 1.165) is 6.42 Å². The summed E-state index contributed by atoms with van der Waals surface area (Å²) in [5.74, 6) is 0. The van der Waals surface area contributed by atoms with Crippen LogP contribution in [-0.4, -0.2) is 50.2 Å². The average molecular weight is 210 g/mol. The Morgan fingerprint density at radius 3 is 2.69 bits per heavy atom. The minimum Gasteiger partial charge on any atom is -0.394 e. The second-order valence-corrected chi connectivity index (χ2v) is 4.40. The second kappa shape index (κ2) is 4.34. The summed E-state index contributed by atoms with van der Waals surface area (Å²) in [6.45, 7) is 0.944. The highest BCUT2D eigenvalue weighted by Gasteiger charge is 2.35. The largest absolute Gasteiger partial charge is 0.394 e. The molecule has 1 atom stereocenters. The van der Waals surface area contributed by atoms with Gasteiger partial charge in [0.1, 0.15) is 0 Å². The maximum Gasteiger partial charge on any atom is 0.277 e. The van der Waals surface area contributed by atoms with E-state index in [4.69, 9.17) is 15.0 Å². The van der Waals surface area contributed by atoms with Gasteiger partial charge in [-0.25, -0.2) is 5.14 Å². The Morgan fingerprint density at radius 2 is 2.31 bits per heavy atom. The molecule has 0 bridgehead atoms. The van der Waals surface area contributed by atoms with Gasteiger partial charge >= 0.3 is 0 Å². The normalized spacial score (nSPS) is 24.3. The first kappa shape index (κ1) is 10.9.